The molecule has 100 valence electrons. The van der Waals surface area contributed by atoms with E-state index in [9.17, 15) is 4.79 Å². The first kappa shape index (κ1) is 13.6. The van der Waals surface area contributed by atoms with E-state index in [2.05, 4.69) is 5.10 Å². The Morgan fingerprint density at radius 2 is 2.16 bits per heavy atom. The number of carbonyl (C=O) groups is 1. The number of hydrogen-bond acceptors (Lipinski definition) is 3. The molecule has 0 bridgehead atoms. The topological polar surface area (TPSA) is 44.1 Å². The molecule has 0 saturated carbocycles. The van der Waals surface area contributed by atoms with Gasteiger partial charge >= 0.3 is 0 Å². The van der Waals surface area contributed by atoms with Gasteiger partial charge in [-0.05, 0) is 26.0 Å². The molecule has 0 fully saturated rings. The number of Topliss-reactive ketones (excluding diaryl/α,β-unsaturated/α-hetero) is 1. The van der Waals surface area contributed by atoms with Crippen LogP contribution in [0.4, 0.5) is 0 Å². The number of nitrogens with zero attached hydrogens (tertiary/aromatic N) is 2. The van der Waals surface area contributed by atoms with E-state index in [-0.39, 0.29) is 11.7 Å². The number of rotatable bonds is 4. The summed E-state index contributed by atoms with van der Waals surface area (Å²) < 4.78 is 6.93. The van der Waals surface area contributed by atoms with Crippen LogP contribution in [0.1, 0.15) is 21.7 Å². The van der Waals surface area contributed by atoms with Gasteiger partial charge < -0.3 is 4.74 Å². The minimum atomic E-state index is -0.106. The summed E-state index contributed by atoms with van der Waals surface area (Å²) in [6.45, 7) is 3.67. The van der Waals surface area contributed by atoms with E-state index in [1.807, 2.05) is 38.1 Å². The molecule has 0 amide bonds. The van der Waals surface area contributed by atoms with Gasteiger partial charge in [-0.25, -0.2) is 4.68 Å². The van der Waals surface area contributed by atoms with Crippen LogP contribution in [0.15, 0.2) is 24.3 Å². The molecule has 0 aliphatic heterocycles. The number of benzene rings is 1. The van der Waals surface area contributed by atoms with E-state index < -0.39 is 0 Å². The summed E-state index contributed by atoms with van der Waals surface area (Å²) in [7, 11) is 1.61. The first-order valence-electron chi connectivity index (χ1n) is 5.88. The molecule has 0 saturated heterocycles. The Balaban J connectivity index is 2.54. The quantitative estimate of drug-likeness (QED) is 0.638. The second kappa shape index (κ2) is 5.45. The molecule has 1 aromatic carbocycles. The highest BCUT2D eigenvalue weighted by Gasteiger charge is 2.18. The van der Waals surface area contributed by atoms with E-state index in [1.165, 1.54) is 0 Å². The van der Waals surface area contributed by atoms with Gasteiger partial charge in [0.05, 0.1) is 35.6 Å². The summed E-state index contributed by atoms with van der Waals surface area (Å²) in [6.07, 6.45) is 0. The summed E-state index contributed by atoms with van der Waals surface area (Å²) in [5, 5.41) is 4.41. The maximum Gasteiger partial charge on any atom is 0.181 e. The number of aryl methyl sites for hydroxylation is 1. The Labute approximate surface area is 116 Å². The molecule has 0 spiro atoms. The number of halogens is 1. The number of ether oxygens (including phenoxy) is 1. The third-order valence-electron chi connectivity index (χ3n) is 2.99. The Morgan fingerprint density at radius 3 is 2.79 bits per heavy atom. The molecule has 0 atom stereocenters. The van der Waals surface area contributed by atoms with Crippen molar-refractivity contribution >= 4 is 17.4 Å². The van der Waals surface area contributed by atoms with Gasteiger partial charge in [0.15, 0.2) is 5.78 Å². The fraction of sp³-hybridized carbons (Fsp3) is 0.286. The van der Waals surface area contributed by atoms with Crippen LogP contribution in [-0.4, -0.2) is 28.6 Å². The van der Waals surface area contributed by atoms with Crippen LogP contribution in [0.3, 0.4) is 0 Å². The van der Waals surface area contributed by atoms with E-state index in [4.69, 9.17) is 16.3 Å². The summed E-state index contributed by atoms with van der Waals surface area (Å²) in [4.78, 5) is 11.8. The monoisotopic (exact) mass is 278 g/mol. The van der Waals surface area contributed by atoms with Gasteiger partial charge in [-0.15, -0.1) is 11.6 Å². The molecule has 2 rings (SSSR count). The van der Waals surface area contributed by atoms with Crippen molar-refractivity contribution in [1.82, 2.24) is 9.78 Å². The standard InChI is InChI=1S/C14H15ClN2O2/c1-9-14(13(18)8-15)10(2)17(16-9)11-5-4-6-12(7-11)19-3/h4-7H,8H2,1-3H3. The highest BCUT2D eigenvalue weighted by atomic mass is 35.5. The largest absolute Gasteiger partial charge is 0.497 e. The minimum Gasteiger partial charge on any atom is -0.497 e. The average molecular weight is 279 g/mol. The first-order chi connectivity index (χ1) is 9.08. The van der Waals surface area contributed by atoms with Crippen molar-refractivity contribution in [1.29, 1.82) is 0 Å². The number of methoxy groups -OCH3 is 1. The summed E-state index contributed by atoms with van der Waals surface area (Å²) >= 11 is 5.63. The molecule has 19 heavy (non-hydrogen) atoms. The number of ketones is 1. The number of hydrogen-bond donors (Lipinski definition) is 0. The van der Waals surface area contributed by atoms with E-state index >= 15 is 0 Å². The Bertz CT molecular complexity index is 620. The SMILES string of the molecule is COc1cccc(-n2nc(C)c(C(=O)CCl)c2C)c1. The fourth-order valence-electron chi connectivity index (χ4n) is 2.11. The fourth-order valence-corrected chi connectivity index (χ4v) is 2.24. The molecule has 0 unspecified atom stereocenters. The lowest BCUT2D eigenvalue weighted by molar-refractivity contribution is 0.102. The normalized spacial score (nSPS) is 10.5. The van der Waals surface area contributed by atoms with Gasteiger partial charge in [-0.2, -0.15) is 5.10 Å². The van der Waals surface area contributed by atoms with Gasteiger partial charge in [0.2, 0.25) is 0 Å². The summed E-state index contributed by atoms with van der Waals surface area (Å²) in [6, 6.07) is 7.53. The Kier molecular flexibility index (Phi) is 3.90. The van der Waals surface area contributed by atoms with Gasteiger partial charge in [0, 0.05) is 6.07 Å². The maximum absolute atomic E-state index is 11.8. The molecule has 0 radical (unpaired) electrons. The van der Waals surface area contributed by atoms with Crippen LogP contribution < -0.4 is 4.74 Å². The smallest absolute Gasteiger partial charge is 0.181 e. The van der Waals surface area contributed by atoms with E-state index in [0.717, 1.165) is 17.1 Å². The zero-order valence-corrected chi connectivity index (χ0v) is 11.9. The van der Waals surface area contributed by atoms with Crippen molar-refractivity contribution in [2.24, 2.45) is 0 Å². The first-order valence-corrected chi connectivity index (χ1v) is 6.41. The van der Waals surface area contributed by atoms with Gasteiger partial charge in [0.1, 0.15) is 5.75 Å². The number of aromatic nitrogens is 2. The van der Waals surface area contributed by atoms with E-state index in [0.29, 0.717) is 11.3 Å². The van der Waals surface area contributed by atoms with Crippen molar-refractivity contribution in [2.45, 2.75) is 13.8 Å². The number of alkyl halides is 1. The summed E-state index contributed by atoms with van der Waals surface area (Å²) in [5.41, 5.74) is 2.92. The van der Waals surface area contributed by atoms with Crippen LogP contribution in [-0.2, 0) is 0 Å². The zero-order valence-electron chi connectivity index (χ0n) is 11.1. The number of carbonyl (C=O) groups excluding carboxylic acids is 1. The van der Waals surface area contributed by atoms with Crippen molar-refractivity contribution in [3.05, 3.63) is 41.2 Å². The molecule has 0 N–H and O–H groups in total. The van der Waals surface area contributed by atoms with Gasteiger partial charge in [0.25, 0.3) is 0 Å². The Hall–Kier alpha value is -1.81. The van der Waals surface area contributed by atoms with Crippen molar-refractivity contribution in [2.75, 3.05) is 13.0 Å². The molecule has 5 heteroatoms. The molecule has 2 aromatic rings. The molecule has 1 heterocycles. The third kappa shape index (κ3) is 2.49. The lowest BCUT2D eigenvalue weighted by Crippen LogP contribution is -2.05. The average Bonchev–Trinajstić information content (AvgIpc) is 2.73. The molecular formula is C14H15ClN2O2. The molecule has 1 aromatic heterocycles. The third-order valence-corrected chi connectivity index (χ3v) is 3.23. The highest BCUT2D eigenvalue weighted by molar-refractivity contribution is 6.30. The zero-order chi connectivity index (χ0) is 14.0. The van der Waals surface area contributed by atoms with Crippen LogP contribution in [0.5, 0.6) is 5.75 Å². The minimum absolute atomic E-state index is 0.0362. The van der Waals surface area contributed by atoms with Crippen LogP contribution >= 0.6 is 11.6 Å². The van der Waals surface area contributed by atoms with Gasteiger partial charge in [-0.1, -0.05) is 6.07 Å². The summed E-state index contributed by atoms with van der Waals surface area (Å²) in [5.74, 6) is 0.604. The Morgan fingerprint density at radius 1 is 1.42 bits per heavy atom. The highest BCUT2D eigenvalue weighted by Crippen LogP contribution is 2.21. The molecule has 0 aliphatic rings. The maximum atomic E-state index is 11.8. The predicted octanol–water partition coefficient (Wildman–Crippen LogP) is 2.92. The lowest BCUT2D eigenvalue weighted by Gasteiger charge is -2.06. The molecule has 4 nitrogen and oxygen atoms in total. The predicted molar refractivity (Wildman–Crippen MR) is 74.6 cm³/mol. The van der Waals surface area contributed by atoms with E-state index in [1.54, 1.807) is 11.8 Å². The van der Waals surface area contributed by atoms with Crippen LogP contribution in [0.25, 0.3) is 5.69 Å². The lowest BCUT2D eigenvalue weighted by atomic mass is 10.1. The van der Waals surface area contributed by atoms with Crippen LogP contribution in [0.2, 0.25) is 0 Å². The molecular weight excluding hydrogens is 264 g/mol. The van der Waals surface area contributed by atoms with Gasteiger partial charge in [-0.3, -0.25) is 4.79 Å². The van der Waals surface area contributed by atoms with Crippen LogP contribution in [0, 0.1) is 13.8 Å². The van der Waals surface area contributed by atoms with Crippen molar-refractivity contribution in [3.8, 4) is 11.4 Å². The van der Waals surface area contributed by atoms with Crippen molar-refractivity contribution < 1.29 is 9.53 Å². The van der Waals surface area contributed by atoms with Crippen molar-refractivity contribution in [3.63, 3.8) is 0 Å². The second-order valence-corrected chi connectivity index (χ2v) is 4.48. The second-order valence-electron chi connectivity index (χ2n) is 4.22. The molecule has 0 aliphatic carbocycles.